The molecule has 1 aromatic carbocycles. The summed E-state index contributed by atoms with van der Waals surface area (Å²) in [4.78, 5) is 38.3. The lowest BCUT2D eigenvalue weighted by atomic mass is 10.1. The summed E-state index contributed by atoms with van der Waals surface area (Å²) in [5.41, 5.74) is 0.0125. The normalized spacial score (nSPS) is 11.2. The molecular formula is C21H29N3O5. The number of ether oxygens (including phenoxy) is 1. The Morgan fingerprint density at radius 2 is 1.72 bits per heavy atom. The fraction of sp³-hybridized carbons (Fsp3) is 0.476. The van der Waals surface area contributed by atoms with Gasteiger partial charge in [0.15, 0.2) is 0 Å². The first kappa shape index (κ1) is 22.3. The molecule has 2 amide bonds. The number of nitrogens with zero attached hydrogens (tertiary/aromatic N) is 1. The Balaban J connectivity index is 2.02. The zero-order valence-corrected chi connectivity index (χ0v) is 17.6. The Hall–Kier alpha value is -3.03. The lowest BCUT2D eigenvalue weighted by molar-refractivity contribution is 0.0526. The van der Waals surface area contributed by atoms with E-state index in [1.54, 1.807) is 26.8 Å². The highest BCUT2D eigenvalue weighted by molar-refractivity contribution is 5.97. The van der Waals surface area contributed by atoms with E-state index in [4.69, 9.17) is 9.15 Å². The van der Waals surface area contributed by atoms with Crippen molar-refractivity contribution in [1.29, 1.82) is 0 Å². The number of benzene rings is 1. The van der Waals surface area contributed by atoms with Crippen LogP contribution in [0.15, 0.2) is 33.5 Å². The minimum atomic E-state index is -0.702. The van der Waals surface area contributed by atoms with Crippen LogP contribution >= 0.6 is 0 Å². The highest BCUT2D eigenvalue weighted by atomic mass is 16.6. The van der Waals surface area contributed by atoms with Crippen molar-refractivity contribution in [3.05, 3.63) is 40.2 Å². The molecule has 0 fully saturated rings. The molecule has 0 radical (unpaired) electrons. The zero-order chi connectivity index (χ0) is 21.6. The summed E-state index contributed by atoms with van der Waals surface area (Å²) in [5, 5.41) is 5.79. The number of nitrogens with one attached hydrogen (secondary N) is 2. The minimum Gasteiger partial charge on any atom is -0.444 e. The van der Waals surface area contributed by atoms with Crippen molar-refractivity contribution in [2.24, 2.45) is 0 Å². The van der Waals surface area contributed by atoms with Crippen LogP contribution in [0.5, 0.6) is 0 Å². The van der Waals surface area contributed by atoms with E-state index in [2.05, 4.69) is 29.4 Å². The molecule has 158 valence electrons. The summed E-state index contributed by atoms with van der Waals surface area (Å²) >= 11 is 0. The van der Waals surface area contributed by atoms with Crippen LogP contribution in [0, 0.1) is 0 Å². The maximum Gasteiger partial charge on any atom is 0.407 e. The number of fused-ring (bicyclic) bond motifs is 1. The van der Waals surface area contributed by atoms with E-state index in [0.29, 0.717) is 11.0 Å². The molecule has 0 saturated carbocycles. The van der Waals surface area contributed by atoms with Gasteiger partial charge in [-0.05, 0) is 52.8 Å². The maximum atomic E-state index is 12.3. The molecule has 0 aliphatic rings. The molecule has 2 rings (SSSR count). The van der Waals surface area contributed by atoms with Gasteiger partial charge in [-0.1, -0.05) is 0 Å². The fourth-order valence-corrected chi connectivity index (χ4v) is 2.79. The van der Waals surface area contributed by atoms with Gasteiger partial charge in [0, 0.05) is 43.3 Å². The number of hydrogen-bond donors (Lipinski definition) is 2. The van der Waals surface area contributed by atoms with Gasteiger partial charge < -0.3 is 24.7 Å². The number of amides is 2. The van der Waals surface area contributed by atoms with E-state index in [9.17, 15) is 14.4 Å². The van der Waals surface area contributed by atoms with Gasteiger partial charge in [-0.3, -0.25) is 4.79 Å². The fourth-order valence-electron chi connectivity index (χ4n) is 2.79. The quantitative estimate of drug-likeness (QED) is 0.545. The molecule has 0 atom stereocenters. The second-order valence-electron chi connectivity index (χ2n) is 7.53. The Bertz CT molecular complexity index is 926. The van der Waals surface area contributed by atoms with Gasteiger partial charge in [0.25, 0.3) is 5.91 Å². The van der Waals surface area contributed by atoms with Gasteiger partial charge in [0.05, 0.1) is 0 Å². The lowest BCUT2D eigenvalue weighted by Crippen LogP contribution is -2.38. The predicted molar refractivity (Wildman–Crippen MR) is 113 cm³/mol. The Labute approximate surface area is 170 Å². The average Bonchev–Trinajstić information content (AvgIpc) is 2.64. The van der Waals surface area contributed by atoms with Gasteiger partial charge in [-0.25, -0.2) is 9.59 Å². The van der Waals surface area contributed by atoms with Crippen molar-refractivity contribution < 1.29 is 18.7 Å². The SMILES string of the molecule is CCN(CC)c1ccc2cc(C(=O)NCCNC(=O)OC(C)(C)C)c(=O)oc2c1. The van der Waals surface area contributed by atoms with Crippen molar-refractivity contribution in [1.82, 2.24) is 10.6 Å². The van der Waals surface area contributed by atoms with E-state index < -0.39 is 23.2 Å². The molecule has 0 spiro atoms. The molecule has 2 aromatic rings. The summed E-state index contributed by atoms with van der Waals surface area (Å²) in [6, 6.07) is 7.08. The average molecular weight is 403 g/mol. The van der Waals surface area contributed by atoms with E-state index >= 15 is 0 Å². The molecule has 0 aliphatic heterocycles. The largest absolute Gasteiger partial charge is 0.444 e. The zero-order valence-electron chi connectivity index (χ0n) is 17.6. The molecule has 0 bridgehead atoms. The lowest BCUT2D eigenvalue weighted by Gasteiger charge is -2.21. The van der Waals surface area contributed by atoms with Gasteiger partial charge in [-0.2, -0.15) is 0 Å². The Morgan fingerprint density at radius 1 is 1.07 bits per heavy atom. The molecule has 8 nitrogen and oxygen atoms in total. The Kier molecular flexibility index (Phi) is 7.25. The van der Waals surface area contributed by atoms with E-state index in [1.165, 1.54) is 6.07 Å². The number of rotatable bonds is 7. The molecule has 2 N–H and O–H groups in total. The number of anilines is 1. The molecule has 0 saturated heterocycles. The summed E-state index contributed by atoms with van der Waals surface area (Å²) in [6.45, 7) is 11.4. The van der Waals surface area contributed by atoms with Crippen molar-refractivity contribution >= 4 is 28.7 Å². The van der Waals surface area contributed by atoms with Crippen LogP contribution in [0.25, 0.3) is 11.0 Å². The molecule has 29 heavy (non-hydrogen) atoms. The van der Waals surface area contributed by atoms with Gasteiger partial charge in [0.1, 0.15) is 16.7 Å². The van der Waals surface area contributed by atoms with Crippen LogP contribution in [-0.2, 0) is 4.74 Å². The van der Waals surface area contributed by atoms with Gasteiger partial charge in [0.2, 0.25) is 0 Å². The smallest absolute Gasteiger partial charge is 0.407 e. The maximum absolute atomic E-state index is 12.3. The minimum absolute atomic E-state index is 0.0784. The second-order valence-corrected chi connectivity index (χ2v) is 7.53. The highest BCUT2D eigenvalue weighted by Gasteiger charge is 2.17. The third-order valence-electron chi connectivity index (χ3n) is 4.17. The number of carbonyl (C=O) groups is 2. The van der Waals surface area contributed by atoms with E-state index in [-0.39, 0.29) is 18.7 Å². The first-order valence-electron chi connectivity index (χ1n) is 9.72. The third-order valence-corrected chi connectivity index (χ3v) is 4.17. The molecular weight excluding hydrogens is 374 g/mol. The van der Waals surface area contributed by atoms with Crippen molar-refractivity contribution in [3.8, 4) is 0 Å². The van der Waals surface area contributed by atoms with Crippen LogP contribution < -0.4 is 21.2 Å². The number of carbonyl (C=O) groups excluding carboxylic acids is 2. The number of hydrogen-bond acceptors (Lipinski definition) is 6. The molecule has 8 heteroatoms. The van der Waals surface area contributed by atoms with Crippen molar-refractivity contribution in [2.75, 3.05) is 31.1 Å². The molecule has 1 heterocycles. The van der Waals surface area contributed by atoms with E-state index in [0.717, 1.165) is 18.8 Å². The van der Waals surface area contributed by atoms with Crippen LogP contribution in [0.1, 0.15) is 45.0 Å². The topological polar surface area (TPSA) is 101 Å². The van der Waals surface area contributed by atoms with Crippen LogP contribution in [0.2, 0.25) is 0 Å². The van der Waals surface area contributed by atoms with Crippen LogP contribution in [0.4, 0.5) is 10.5 Å². The first-order valence-corrected chi connectivity index (χ1v) is 9.72. The monoisotopic (exact) mass is 403 g/mol. The standard InChI is InChI=1S/C21H29N3O5/c1-6-24(7-2)15-9-8-14-12-16(19(26)28-17(14)13-15)18(25)22-10-11-23-20(27)29-21(3,4)5/h8-9,12-13H,6-7,10-11H2,1-5H3,(H,22,25)(H,23,27). The highest BCUT2D eigenvalue weighted by Crippen LogP contribution is 2.21. The molecule has 1 aromatic heterocycles. The number of alkyl carbamates (subject to hydrolysis) is 1. The van der Waals surface area contributed by atoms with Gasteiger partial charge in [-0.15, -0.1) is 0 Å². The van der Waals surface area contributed by atoms with Crippen molar-refractivity contribution in [3.63, 3.8) is 0 Å². The Morgan fingerprint density at radius 3 is 2.34 bits per heavy atom. The van der Waals surface area contributed by atoms with E-state index in [1.807, 2.05) is 12.1 Å². The summed E-state index contributed by atoms with van der Waals surface area (Å²) in [7, 11) is 0. The van der Waals surface area contributed by atoms with Crippen molar-refractivity contribution in [2.45, 2.75) is 40.2 Å². The summed E-state index contributed by atoms with van der Waals surface area (Å²) < 4.78 is 10.5. The van der Waals surface area contributed by atoms with Gasteiger partial charge >= 0.3 is 11.7 Å². The van der Waals surface area contributed by atoms with Crippen LogP contribution in [-0.4, -0.2) is 43.8 Å². The molecule has 0 aliphatic carbocycles. The predicted octanol–water partition coefficient (Wildman–Crippen LogP) is 2.89. The first-order chi connectivity index (χ1) is 13.6. The summed E-state index contributed by atoms with van der Waals surface area (Å²) in [5.74, 6) is -0.556. The molecule has 0 unspecified atom stereocenters. The third kappa shape index (κ3) is 6.23. The second kappa shape index (κ2) is 9.45. The summed E-state index contributed by atoms with van der Waals surface area (Å²) in [6.07, 6.45) is -0.569. The van der Waals surface area contributed by atoms with Crippen LogP contribution in [0.3, 0.4) is 0 Å².